The molecule has 0 bridgehead atoms. The van der Waals surface area contributed by atoms with Gasteiger partial charge in [0.2, 0.25) is 5.91 Å². The van der Waals surface area contributed by atoms with Crippen LogP contribution in [0.2, 0.25) is 0 Å². The summed E-state index contributed by atoms with van der Waals surface area (Å²) in [5, 5.41) is 3.04. The van der Waals surface area contributed by atoms with E-state index in [1.807, 2.05) is 6.92 Å². The van der Waals surface area contributed by atoms with Crippen molar-refractivity contribution in [1.29, 1.82) is 0 Å². The van der Waals surface area contributed by atoms with Gasteiger partial charge in [0.15, 0.2) is 0 Å². The van der Waals surface area contributed by atoms with Crippen molar-refractivity contribution in [2.75, 3.05) is 7.05 Å². The third kappa shape index (κ3) is 1.27. The molecule has 10 heavy (non-hydrogen) atoms. The number of amides is 1. The first kappa shape index (κ1) is 7.50. The summed E-state index contributed by atoms with van der Waals surface area (Å²) >= 11 is 0. The highest BCUT2D eigenvalue weighted by Gasteiger charge is 2.24. The van der Waals surface area contributed by atoms with Gasteiger partial charge in [-0.05, 0) is 6.92 Å². The minimum Gasteiger partial charge on any atom is -0.317 e. The quantitative estimate of drug-likeness (QED) is 0.460. The van der Waals surface area contributed by atoms with Gasteiger partial charge in [0, 0.05) is 19.5 Å². The second-order valence-electron chi connectivity index (χ2n) is 2.72. The molecule has 4 nitrogen and oxygen atoms in total. The van der Waals surface area contributed by atoms with E-state index in [1.165, 1.54) is 4.90 Å². The maximum atomic E-state index is 11.0. The minimum atomic E-state index is -0.309. The summed E-state index contributed by atoms with van der Waals surface area (Å²) in [7, 11) is 1.70. The van der Waals surface area contributed by atoms with Crippen LogP contribution in [-0.2, 0) is 4.79 Å². The van der Waals surface area contributed by atoms with Crippen molar-refractivity contribution in [3.8, 4) is 0 Å². The molecule has 1 amide bonds. The predicted octanol–water partition coefficient (Wildman–Crippen LogP) is -0.931. The highest BCUT2D eigenvalue weighted by molar-refractivity contribution is 5.77. The second kappa shape index (κ2) is 2.56. The Morgan fingerprint density at radius 3 is 2.90 bits per heavy atom. The Balaban J connectivity index is 2.57. The fourth-order valence-electron chi connectivity index (χ4n) is 1.02. The third-order valence-electron chi connectivity index (χ3n) is 1.75. The minimum absolute atomic E-state index is 0.110. The van der Waals surface area contributed by atoms with Crippen LogP contribution in [0.3, 0.4) is 0 Å². The molecule has 1 fully saturated rings. The van der Waals surface area contributed by atoms with Crippen LogP contribution in [0.15, 0.2) is 0 Å². The van der Waals surface area contributed by atoms with E-state index in [0.717, 1.165) is 0 Å². The number of carbonyl (C=O) groups excluding carboxylic acids is 1. The van der Waals surface area contributed by atoms with Gasteiger partial charge in [-0.3, -0.25) is 15.8 Å². The van der Waals surface area contributed by atoms with Gasteiger partial charge < -0.3 is 4.90 Å². The van der Waals surface area contributed by atoms with Crippen LogP contribution in [0.4, 0.5) is 0 Å². The standard InChI is InChI=1S/C6H13N3O/c1-4-3-5(10)9(2)6(7)8-4/h4,6,8H,3,7H2,1-2H3. The lowest BCUT2D eigenvalue weighted by Gasteiger charge is -2.33. The molecule has 2 atom stereocenters. The molecule has 1 saturated heterocycles. The first-order chi connectivity index (χ1) is 4.61. The Labute approximate surface area is 60.4 Å². The van der Waals surface area contributed by atoms with E-state index < -0.39 is 0 Å². The number of rotatable bonds is 0. The van der Waals surface area contributed by atoms with Crippen LogP contribution in [-0.4, -0.2) is 30.2 Å². The summed E-state index contributed by atoms with van der Waals surface area (Å²) in [5.74, 6) is 0.110. The van der Waals surface area contributed by atoms with E-state index in [-0.39, 0.29) is 18.2 Å². The zero-order chi connectivity index (χ0) is 7.72. The second-order valence-corrected chi connectivity index (χ2v) is 2.72. The van der Waals surface area contributed by atoms with Crippen molar-refractivity contribution in [1.82, 2.24) is 10.2 Å². The molecular weight excluding hydrogens is 130 g/mol. The molecule has 4 heteroatoms. The maximum Gasteiger partial charge on any atom is 0.226 e. The zero-order valence-corrected chi connectivity index (χ0v) is 6.29. The van der Waals surface area contributed by atoms with E-state index in [0.29, 0.717) is 6.42 Å². The summed E-state index contributed by atoms with van der Waals surface area (Å²) < 4.78 is 0. The average Bonchev–Trinajstić information content (AvgIpc) is 1.82. The van der Waals surface area contributed by atoms with Crippen LogP contribution < -0.4 is 11.1 Å². The molecule has 0 aliphatic carbocycles. The largest absolute Gasteiger partial charge is 0.317 e. The van der Waals surface area contributed by atoms with Gasteiger partial charge in [0.1, 0.15) is 6.29 Å². The molecule has 1 aliphatic rings. The lowest BCUT2D eigenvalue weighted by atomic mass is 10.2. The molecular formula is C6H13N3O. The molecule has 0 aromatic carbocycles. The SMILES string of the molecule is CC1CC(=O)N(C)C(N)N1. The number of nitrogens with one attached hydrogen (secondary N) is 1. The number of nitrogens with two attached hydrogens (primary N) is 1. The molecule has 58 valence electrons. The van der Waals surface area contributed by atoms with Crippen LogP contribution in [0.1, 0.15) is 13.3 Å². The van der Waals surface area contributed by atoms with Gasteiger partial charge in [0.05, 0.1) is 0 Å². The molecule has 0 saturated carbocycles. The molecule has 3 N–H and O–H groups in total. The van der Waals surface area contributed by atoms with Crippen molar-refractivity contribution in [2.24, 2.45) is 5.73 Å². The van der Waals surface area contributed by atoms with Gasteiger partial charge in [-0.25, -0.2) is 0 Å². The fraction of sp³-hybridized carbons (Fsp3) is 0.833. The average molecular weight is 143 g/mol. The molecule has 0 radical (unpaired) electrons. The third-order valence-corrected chi connectivity index (χ3v) is 1.75. The van der Waals surface area contributed by atoms with Gasteiger partial charge >= 0.3 is 0 Å². The highest BCUT2D eigenvalue weighted by Crippen LogP contribution is 2.04. The normalized spacial score (nSPS) is 34.7. The lowest BCUT2D eigenvalue weighted by Crippen LogP contribution is -2.60. The monoisotopic (exact) mass is 143 g/mol. The molecule has 0 aromatic rings. The molecule has 1 rings (SSSR count). The summed E-state index contributed by atoms with van der Waals surface area (Å²) in [6.07, 6.45) is 0.237. The van der Waals surface area contributed by atoms with Crippen LogP contribution >= 0.6 is 0 Å². The summed E-state index contributed by atoms with van der Waals surface area (Å²) in [6.45, 7) is 1.95. The van der Waals surface area contributed by atoms with Crippen LogP contribution in [0, 0.1) is 0 Å². The van der Waals surface area contributed by atoms with Gasteiger partial charge in [0.25, 0.3) is 0 Å². The zero-order valence-electron chi connectivity index (χ0n) is 6.29. The maximum absolute atomic E-state index is 11.0. The van der Waals surface area contributed by atoms with Crippen molar-refractivity contribution in [3.05, 3.63) is 0 Å². The van der Waals surface area contributed by atoms with Crippen molar-refractivity contribution < 1.29 is 4.79 Å². The molecule has 2 unspecified atom stereocenters. The van der Waals surface area contributed by atoms with Crippen LogP contribution in [0.25, 0.3) is 0 Å². The molecule has 0 aromatic heterocycles. The Hall–Kier alpha value is -0.610. The Kier molecular flexibility index (Phi) is 1.92. The number of carbonyl (C=O) groups is 1. The Bertz CT molecular complexity index is 148. The first-order valence-electron chi connectivity index (χ1n) is 3.38. The fourth-order valence-corrected chi connectivity index (χ4v) is 1.02. The number of hydrogen-bond donors (Lipinski definition) is 2. The Morgan fingerprint density at radius 2 is 2.40 bits per heavy atom. The van der Waals surface area contributed by atoms with Crippen molar-refractivity contribution in [3.63, 3.8) is 0 Å². The van der Waals surface area contributed by atoms with Crippen molar-refractivity contribution in [2.45, 2.75) is 25.7 Å². The van der Waals surface area contributed by atoms with Gasteiger partial charge in [-0.15, -0.1) is 0 Å². The number of nitrogens with zero attached hydrogens (tertiary/aromatic N) is 1. The van der Waals surface area contributed by atoms with Crippen molar-refractivity contribution >= 4 is 5.91 Å². The van der Waals surface area contributed by atoms with E-state index in [9.17, 15) is 4.79 Å². The van der Waals surface area contributed by atoms with E-state index in [1.54, 1.807) is 7.05 Å². The van der Waals surface area contributed by atoms with E-state index >= 15 is 0 Å². The van der Waals surface area contributed by atoms with Crippen LogP contribution in [0.5, 0.6) is 0 Å². The predicted molar refractivity (Wildman–Crippen MR) is 38.0 cm³/mol. The lowest BCUT2D eigenvalue weighted by molar-refractivity contribution is -0.136. The Morgan fingerprint density at radius 1 is 1.80 bits per heavy atom. The summed E-state index contributed by atoms with van der Waals surface area (Å²) in [6, 6.07) is 0.207. The summed E-state index contributed by atoms with van der Waals surface area (Å²) in [4.78, 5) is 12.5. The number of hydrogen-bond acceptors (Lipinski definition) is 3. The van der Waals surface area contributed by atoms with Gasteiger partial charge in [-0.2, -0.15) is 0 Å². The molecule has 1 aliphatic heterocycles. The first-order valence-corrected chi connectivity index (χ1v) is 3.38. The van der Waals surface area contributed by atoms with E-state index in [2.05, 4.69) is 5.32 Å². The highest BCUT2D eigenvalue weighted by atomic mass is 16.2. The summed E-state index contributed by atoms with van der Waals surface area (Å²) in [5.41, 5.74) is 5.55. The molecule has 1 heterocycles. The van der Waals surface area contributed by atoms with E-state index in [4.69, 9.17) is 5.73 Å². The van der Waals surface area contributed by atoms with Gasteiger partial charge in [-0.1, -0.05) is 0 Å². The molecule has 0 spiro atoms. The topological polar surface area (TPSA) is 58.4 Å². The smallest absolute Gasteiger partial charge is 0.226 e.